The number of ether oxygens (including phenoxy) is 1. The van der Waals surface area contributed by atoms with E-state index in [0.29, 0.717) is 19.6 Å². The molecule has 0 aliphatic carbocycles. The predicted molar refractivity (Wildman–Crippen MR) is 108 cm³/mol. The van der Waals surface area contributed by atoms with Gasteiger partial charge < -0.3 is 19.9 Å². The van der Waals surface area contributed by atoms with E-state index in [9.17, 15) is 9.59 Å². The molecule has 1 N–H and O–H groups in total. The summed E-state index contributed by atoms with van der Waals surface area (Å²) >= 11 is 0. The van der Waals surface area contributed by atoms with Gasteiger partial charge in [-0.05, 0) is 18.4 Å². The highest BCUT2D eigenvalue weighted by atomic mass is 16.5. The van der Waals surface area contributed by atoms with Gasteiger partial charge in [0, 0.05) is 52.7 Å². The van der Waals surface area contributed by atoms with Crippen molar-refractivity contribution in [2.75, 3.05) is 52.5 Å². The zero-order valence-electron chi connectivity index (χ0n) is 16.8. The fourth-order valence-corrected chi connectivity index (χ4v) is 3.95. The maximum Gasteiger partial charge on any atom is 0.317 e. The second-order valence-electron chi connectivity index (χ2n) is 7.55. The molecule has 3 amide bonds. The molecule has 0 aromatic heterocycles. The van der Waals surface area contributed by atoms with Crippen molar-refractivity contribution in [2.24, 2.45) is 0 Å². The number of rotatable bonds is 7. The lowest BCUT2D eigenvalue weighted by Gasteiger charge is -2.30. The molecule has 0 radical (unpaired) electrons. The molecule has 1 aromatic carbocycles. The van der Waals surface area contributed by atoms with E-state index in [-0.39, 0.29) is 18.0 Å². The van der Waals surface area contributed by atoms with Gasteiger partial charge in [-0.25, -0.2) is 4.79 Å². The first-order chi connectivity index (χ1) is 13.6. The highest BCUT2D eigenvalue weighted by molar-refractivity contribution is 5.76. The summed E-state index contributed by atoms with van der Waals surface area (Å²) in [7, 11) is 0. The van der Waals surface area contributed by atoms with E-state index in [1.807, 2.05) is 40.1 Å². The second kappa shape index (κ2) is 10.4. The van der Waals surface area contributed by atoms with Crippen LogP contribution in [0.15, 0.2) is 30.3 Å². The number of benzene rings is 1. The molecule has 1 unspecified atom stereocenters. The fourth-order valence-electron chi connectivity index (χ4n) is 3.95. The molecule has 1 atom stereocenters. The van der Waals surface area contributed by atoms with Crippen LogP contribution in [0.3, 0.4) is 0 Å². The van der Waals surface area contributed by atoms with E-state index < -0.39 is 0 Å². The van der Waals surface area contributed by atoms with Crippen LogP contribution in [-0.4, -0.2) is 85.2 Å². The van der Waals surface area contributed by atoms with Crippen LogP contribution in [-0.2, 0) is 16.1 Å². The first-order valence-corrected chi connectivity index (χ1v) is 10.3. The van der Waals surface area contributed by atoms with Gasteiger partial charge in [-0.2, -0.15) is 0 Å². The number of morpholine rings is 1. The molecule has 1 aromatic rings. The highest BCUT2D eigenvalue weighted by Crippen LogP contribution is 2.17. The van der Waals surface area contributed by atoms with Crippen LogP contribution in [0, 0.1) is 0 Å². The minimum atomic E-state index is -0.0526. The summed E-state index contributed by atoms with van der Waals surface area (Å²) in [5, 5.41) is 2.98. The Hall–Kier alpha value is -2.12. The molecular weight excluding hydrogens is 356 g/mol. The number of amides is 3. The summed E-state index contributed by atoms with van der Waals surface area (Å²) < 4.78 is 5.38. The Morgan fingerprint density at radius 2 is 1.93 bits per heavy atom. The molecule has 2 fully saturated rings. The van der Waals surface area contributed by atoms with Gasteiger partial charge in [-0.15, -0.1) is 0 Å². The SMILES string of the molecule is CC(=O)N(CCCN1CCOCC1)C1CCN(C(=O)NCc2ccccc2)C1. The minimum absolute atomic E-state index is 0.0526. The van der Waals surface area contributed by atoms with Crippen molar-refractivity contribution >= 4 is 11.9 Å². The van der Waals surface area contributed by atoms with Crippen LogP contribution in [0.1, 0.15) is 25.3 Å². The first kappa shape index (κ1) is 20.6. The molecule has 7 heteroatoms. The number of urea groups is 1. The number of carbonyl (C=O) groups excluding carboxylic acids is 2. The number of hydrogen-bond donors (Lipinski definition) is 1. The number of hydrogen-bond acceptors (Lipinski definition) is 4. The Balaban J connectivity index is 1.43. The summed E-state index contributed by atoms with van der Waals surface area (Å²) in [6, 6.07) is 9.96. The molecule has 2 saturated heterocycles. The van der Waals surface area contributed by atoms with E-state index in [1.165, 1.54) is 0 Å². The van der Waals surface area contributed by atoms with E-state index >= 15 is 0 Å². The van der Waals surface area contributed by atoms with Gasteiger partial charge in [0.2, 0.25) is 5.91 Å². The van der Waals surface area contributed by atoms with Crippen molar-refractivity contribution in [1.29, 1.82) is 0 Å². The molecule has 28 heavy (non-hydrogen) atoms. The van der Waals surface area contributed by atoms with Crippen LogP contribution < -0.4 is 5.32 Å². The van der Waals surface area contributed by atoms with Crippen LogP contribution in [0.4, 0.5) is 4.79 Å². The van der Waals surface area contributed by atoms with Gasteiger partial charge in [0.1, 0.15) is 0 Å². The van der Waals surface area contributed by atoms with Gasteiger partial charge in [0.15, 0.2) is 0 Å². The quantitative estimate of drug-likeness (QED) is 0.770. The molecule has 7 nitrogen and oxygen atoms in total. The Morgan fingerprint density at radius 1 is 1.18 bits per heavy atom. The third-order valence-electron chi connectivity index (χ3n) is 5.56. The number of carbonyl (C=O) groups is 2. The van der Waals surface area contributed by atoms with Crippen molar-refractivity contribution in [2.45, 2.75) is 32.4 Å². The van der Waals surface area contributed by atoms with Crippen molar-refractivity contribution in [1.82, 2.24) is 20.0 Å². The predicted octanol–water partition coefficient (Wildman–Crippen LogP) is 1.54. The van der Waals surface area contributed by atoms with Crippen molar-refractivity contribution in [3.05, 3.63) is 35.9 Å². The van der Waals surface area contributed by atoms with Gasteiger partial charge in [-0.3, -0.25) is 9.69 Å². The normalized spacial score (nSPS) is 20.2. The second-order valence-corrected chi connectivity index (χ2v) is 7.55. The lowest BCUT2D eigenvalue weighted by atomic mass is 10.2. The summed E-state index contributed by atoms with van der Waals surface area (Å²) in [4.78, 5) is 30.8. The van der Waals surface area contributed by atoms with Crippen LogP contribution in [0.25, 0.3) is 0 Å². The number of nitrogens with one attached hydrogen (secondary N) is 1. The molecular formula is C21H32N4O3. The van der Waals surface area contributed by atoms with Crippen LogP contribution in [0.5, 0.6) is 0 Å². The van der Waals surface area contributed by atoms with Crippen LogP contribution >= 0.6 is 0 Å². The van der Waals surface area contributed by atoms with E-state index in [0.717, 1.165) is 57.8 Å². The number of likely N-dealkylation sites (tertiary alicyclic amines) is 1. The van der Waals surface area contributed by atoms with Gasteiger partial charge in [0.05, 0.1) is 19.3 Å². The Labute approximate surface area is 167 Å². The Bertz CT molecular complexity index is 634. The largest absolute Gasteiger partial charge is 0.379 e. The summed E-state index contributed by atoms with van der Waals surface area (Å²) in [6.45, 7) is 8.73. The van der Waals surface area contributed by atoms with Gasteiger partial charge in [-0.1, -0.05) is 30.3 Å². The number of nitrogens with zero attached hydrogens (tertiary/aromatic N) is 3. The zero-order chi connectivity index (χ0) is 19.8. The molecule has 3 rings (SSSR count). The van der Waals surface area contributed by atoms with E-state index in [2.05, 4.69) is 10.2 Å². The monoisotopic (exact) mass is 388 g/mol. The average molecular weight is 389 g/mol. The third-order valence-corrected chi connectivity index (χ3v) is 5.56. The Morgan fingerprint density at radius 3 is 2.64 bits per heavy atom. The summed E-state index contributed by atoms with van der Waals surface area (Å²) in [5.74, 6) is 0.0959. The minimum Gasteiger partial charge on any atom is -0.379 e. The maximum absolute atomic E-state index is 12.5. The topological polar surface area (TPSA) is 65.1 Å². The van der Waals surface area contributed by atoms with Crippen molar-refractivity contribution in [3.8, 4) is 0 Å². The van der Waals surface area contributed by atoms with Crippen molar-refractivity contribution in [3.63, 3.8) is 0 Å². The average Bonchev–Trinajstić information content (AvgIpc) is 3.20. The molecule has 0 spiro atoms. The van der Waals surface area contributed by atoms with E-state index in [4.69, 9.17) is 4.74 Å². The van der Waals surface area contributed by atoms with Crippen LogP contribution in [0.2, 0.25) is 0 Å². The molecule has 2 aliphatic rings. The van der Waals surface area contributed by atoms with E-state index in [1.54, 1.807) is 6.92 Å². The highest BCUT2D eigenvalue weighted by Gasteiger charge is 2.31. The zero-order valence-corrected chi connectivity index (χ0v) is 16.8. The Kier molecular flexibility index (Phi) is 7.68. The lowest BCUT2D eigenvalue weighted by molar-refractivity contribution is -0.131. The standard InChI is InChI=1S/C21H32N4O3/c1-18(26)25(10-5-9-23-12-14-28-15-13-23)20-8-11-24(17-20)21(27)22-16-19-6-3-2-4-7-19/h2-4,6-7,20H,5,8-17H2,1H3,(H,22,27). The molecule has 0 bridgehead atoms. The van der Waals surface area contributed by atoms with Gasteiger partial charge in [0.25, 0.3) is 0 Å². The molecule has 2 heterocycles. The first-order valence-electron chi connectivity index (χ1n) is 10.3. The summed E-state index contributed by atoms with van der Waals surface area (Å²) in [5.41, 5.74) is 1.08. The molecule has 0 saturated carbocycles. The van der Waals surface area contributed by atoms with Crippen molar-refractivity contribution < 1.29 is 14.3 Å². The maximum atomic E-state index is 12.5. The smallest absolute Gasteiger partial charge is 0.317 e. The molecule has 2 aliphatic heterocycles. The van der Waals surface area contributed by atoms with Gasteiger partial charge >= 0.3 is 6.03 Å². The fraction of sp³-hybridized carbons (Fsp3) is 0.619. The molecule has 154 valence electrons. The lowest BCUT2D eigenvalue weighted by Crippen LogP contribution is -2.45. The summed E-state index contributed by atoms with van der Waals surface area (Å²) in [6.07, 6.45) is 1.80. The third kappa shape index (κ3) is 5.94.